The van der Waals surface area contributed by atoms with Gasteiger partial charge in [-0.1, -0.05) is 18.2 Å². The van der Waals surface area contributed by atoms with E-state index in [1.165, 1.54) is 34.4 Å². The Morgan fingerprint density at radius 1 is 1.10 bits per heavy atom. The van der Waals surface area contributed by atoms with Gasteiger partial charge in [-0.05, 0) is 54.6 Å². The van der Waals surface area contributed by atoms with E-state index in [2.05, 4.69) is 5.32 Å². The van der Waals surface area contributed by atoms with Gasteiger partial charge in [0.25, 0.3) is 5.91 Å². The molecule has 0 unspecified atom stereocenters. The molecule has 0 atom stereocenters. The van der Waals surface area contributed by atoms with Crippen molar-refractivity contribution >= 4 is 34.6 Å². The van der Waals surface area contributed by atoms with E-state index in [-0.39, 0.29) is 24.0 Å². The number of thiophene rings is 1. The summed E-state index contributed by atoms with van der Waals surface area (Å²) in [6.45, 7) is 2.58. The Bertz CT molecular complexity index is 1100. The van der Waals surface area contributed by atoms with Gasteiger partial charge in [-0.25, -0.2) is 13.6 Å². The third-order valence-corrected chi connectivity index (χ3v) is 6.03. The molecule has 5 nitrogen and oxygen atoms in total. The molecular weight excluding hydrogens is 420 g/mol. The molecule has 3 aromatic rings. The lowest BCUT2D eigenvalue weighted by Crippen LogP contribution is -2.49. The van der Waals surface area contributed by atoms with Crippen molar-refractivity contribution in [1.29, 1.82) is 0 Å². The molecule has 0 aliphatic carbocycles. The van der Waals surface area contributed by atoms with Crippen LogP contribution in [0.5, 0.6) is 0 Å². The summed E-state index contributed by atoms with van der Waals surface area (Å²) in [6.07, 6.45) is 0.633. The maximum atomic E-state index is 14.1. The molecule has 1 aliphatic heterocycles. The van der Waals surface area contributed by atoms with E-state index in [4.69, 9.17) is 0 Å². The van der Waals surface area contributed by atoms with Crippen LogP contribution in [0.4, 0.5) is 25.0 Å². The Morgan fingerprint density at radius 3 is 2.58 bits per heavy atom. The van der Waals surface area contributed by atoms with Gasteiger partial charge in [0.15, 0.2) is 0 Å². The van der Waals surface area contributed by atoms with Gasteiger partial charge in [0.2, 0.25) is 0 Å². The molecule has 160 valence electrons. The lowest BCUT2D eigenvalue weighted by Gasteiger charge is -2.36. The highest BCUT2D eigenvalue weighted by Crippen LogP contribution is 2.31. The van der Waals surface area contributed by atoms with Crippen molar-refractivity contribution in [3.8, 4) is 0 Å². The fourth-order valence-corrected chi connectivity index (χ4v) is 4.22. The van der Waals surface area contributed by atoms with Crippen molar-refractivity contribution in [2.24, 2.45) is 0 Å². The summed E-state index contributed by atoms with van der Waals surface area (Å²) in [5, 5.41) is 4.71. The molecule has 31 heavy (non-hydrogen) atoms. The fraction of sp³-hybridized carbons (Fsp3) is 0.217. The van der Waals surface area contributed by atoms with E-state index >= 15 is 0 Å². The zero-order valence-corrected chi connectivity index (χ0v) is 17.7. The normalized spacial score (nSPS) is 14.1. The second-order valence-electron chi connectivity index (χ2n) is 7.36. The number of amides is 3. The third kappa shape index (κ3) is 4.44. The number of urea groups is 1. The summed E-state index contributed by atoms with van der Waals surface area (Å²) in [5.74, 6) is -1.61. The van der Waals surface area contributed by atoms with Gasteiger partial charge in [-0.15, -0.1) is 11.3 Å². The Balaban J connectivity index is 1.60. The zero-order chi connectivity index (χ0) is 22.0. The topological polar surface area (TPSA) is 52.6 Å². The van der Waals surface area contributed by atoms with Crippen molar-refractivity contribution in [2.45, 2.75) is 19.9 Å². The minimum atomic E-state index is -0.677. The standard InChI is InChI=1S/C23H21F2N3O2S/c1-15-8-9-20(19(13-15)26-22(29)21-7-3-12-31-21)28-11-4-10-27(23(28)30)14-16-17(24)5-2-6-18(16)25/h2-3,5-9,12-13H,4,10-11,14H2,1H3,(H,26,29). The molecule has 0 spiro atoms. The lowest BCUT2D eigenvalue weighted by atomic mass is 10.1. The number of hydrogen-bond donors (Lipinski definition) is 1. The minimum Gasteiger partial charge on any atom is -0.320 e. The number of rotatable bonds is 5. The number of nitrogens with one attached hydrogen (secondary N) is 1. The van der Waals surface area contributed by atoms with Crippen LogP contribution in [-0.2, 0) is 6.54 Å². The molecular formula is C23H21F2N3O2S. The van der Waals surface area contributed by atoms with Gasteiger partial charge in [-0.3, -0.25) is 9.69 Å². The van der Waals surface area contributed by atoms with Crippen LogP contribution in [0.2, 0.25) is 0 Å². The van der Waals surface area contributed by atoms with Crippen LogP contribution in [0.15, 0.2) is 53.9 Å². The van der Waals surface area contributed by atoms with E-state index in [1.54, 1.807) is 23.1 Å². The first kappa shape index (κ1) is 21.0. The number of carbonyl (C=O) groups excluding carboxylic acids is 2. The average Bonchev–Trinajstić information content (AvgIpc) is 3.28. The number of halogens is 2. The van der Waals surface area contributed by atoms with E-state index in [0.29, 0.717) is 35.8 Å². The molecule has 3 amide bonds. The highest BCUT2D eigenvalue weighted by Gasteiger charge is 2.30. The maximum absolute atomic E-state index is 14.1. The number of carbonyl (C=O) groups is 2. The predicted molar refractivity (Wildman–Crippen MR) is 118 cm³/mol. The largest absolute Gasteiger partial charge is 0.324 e. The quantitative estimate of drug-likeness (QED) is 0.575. The number of anilines is 2. The molecule has 4 rings (SSSR count). The molecule has 0 radical (unpaired) electrons. The van der Waals surface area contributed by atoms with Gasteiger partial charge < -0.3 is 10.2 Å². The minimum absolute atomic E-state index is 0.132. The molecule has 1 saturated heterocycles. The second-order valence-corrected chi connectivity index (χ2v) is 8.31. The smallest absolute Gasteiger partial charge is 0.320 e. The number of nitrogens with zero attached hydrogens (tertiary/aromatic N) is 2. The van der Waals surface area contributed by atoms with Crippen LogP contribution in [0.1, 0.15) is 27.2 Å². The summed E-state index contributed by atoms with van der Waals surface area (Å²) >= 11 is 1.33. The van der Waals surface area contributed by atoms with Gasteiger partial charge in [0.1, 0.15) is 11.6 Å². The van der Waals surface area contributed by atoms with Gasteiger partial charge >= 0.3 is 6.03 Å². The Hall–Kier alpha value is -3.26. The van der Waals surface area contributed by atoms with Crippen LogP contribution in [0.25, 0.3) is 0 Å². The van der Waals surface area contributed by atoms with Crippen LogP contribution >= 0.6 is 11.3 Å². The highest BCUT2D eigenvalue weighted by atomic mass is 32.1. The third-order valence-electron chi connectivity index (χ3n) is 5.16. The van der Waals surface area contributed by atoms with Gasteiger partial charge in [0, 0.05) is 18.7 Å². The first-order valence-corrected chi connectivity index (χ1v) is 10.8. The first-order chi connectivity index (χ1) is 14.9. The molecule has 0 saturated carbocycles. The summed E-state index contributed by atoms with van der Waals surface area (Å²) in [7, 11) is 0. The summed E-state index contributed by atoms with van der Waals surface area (Å²) < 4.78 is 28.2. The van der Waals surface area contributed by atoms with E-state index < -0.39 is 11.6 Å². The number of hydrogen-bond acceptors (Lipinski definition) is 3. The molecule has 0 bridgehead atoms. The van der Waals surface area contributed by atoms with Crippen LogP contribution in [-0.4, -0.2) is 29.9 Å². The van der Waals surface area contributed by atoms with E-state index in [0.717, 1.165) is 5.56 Å². The van der Waals surface area contributed by atoms with Crippen molar-refractivity contribution in [3.05, 3.63) is 81.5 Å². The van der Waals surface area contributed by atoms with Gasteiger partial charge in [-0.2, -0.15) is 0 Å². The molecule has 2 heterocycles. The van der Waals surface area contributed by atoms with Crippen molar-refractivity contribution in [2.75, 3.05) is 23.3 Å². The SMILES string of the molecule is Cc1ccc(N2CCCN(Cc3c(F)cccc3F)C2=O)c(NC(=O)c2cccs2)c1. The second kappa shape index (κ2) is 8.85. The Morgan fingerprint density at radius 2 is 1.87 bits per heavy atom. The maximum Gasteiger partial charge on any atom is 0.324 e. The summed E-state index contributed by atoms with van der Waals surface area (Å²) in [5.41, 5.74) is 1.87. The van der Waals surface area contributed by atoms with Crippen molar-refractivity contribution in [3.63, 3.8) is 0 Å². The molecule has 1 aromatic heterocycles. The monoisotopic (exact) mass is 441 g/mol. The fourth-order valence-electron chi connectivity index (χ4n) is 3.60. The van der Waals surface area contributed by atoms with Crippen molar-refractivity contribution < 1.29 is 18.4 Å². The molecule has 1 fully saturated rings. The van der Waals surface area contributed by atoms with Crippen molar-refractivity contribution in [1.82, 2.24) is 4.90 Å². The number of aryl methyl sites for hydroxylation is 1. The predicted octanol–water partition coefficient (Wildman–Crippen LogP) is 5.42. The lowest BCUT2D eigenvalue weighted by molar-refractivity contribution is 0.103. The molecule has 8 heteroatoms. The summed E-state index contributed by atoms with van der Waals surface area (Å²) in [6, 6.07) is 12.3. The molecule has 1 aliphatic rings. The van der Waals surface area contributed by atoms with E-state index in [1.807, 2.05) is 24.4 Å². The van der Waals surface area contributed by atoms with Crippen LogP contribution in [0, 0.1) is 18.6 Å². The average molecular weight is 442 g/mol. The zero-order valence-electron chi connectivity index (χ0n) is 16.9. The number of benzene rings is 2. The van der Waals surface area contributed by atoms with E-state index in [9.17, 15) is 18.4 Å². The molecule has 2 aromatic carbocycles. The summed E-state index contributed by atoms with van der Waals surface area (Å²) in [4.78, 5) is 29.3. The Labute approximate surface area is 182 Å². The molecule has 1 N–H and O–H groups in total. The van der Waals surface area contributed by atoms with Crippen LogP contribution in [0.3, 0.4) is 0 Å². The van der Waals surface area contributed by atoms with Crippen LogP contribution < -0.4 is 10.2 Å². The Kier molecular flexibility index (Phi) is 5.99. The highest BCUT2D eigenvalue weighted by molar-refractivity contribution is 7.12. The van der Waals surface area contributed by atoms with Gasteiger partial charge in [0.05, 0.1) is 22.8 Å². The first-order valence-electron chi connectivity index (χ1n) is 9.89.